The number of carboxylic acid groups (broad SMARTS) is 1. The van der Waals surface area contributed by atoms with Crippen molar-refractivity contribution in [3.8, 4) is 0 Å². The second kappa shape index (κ2) is 5.94. The first kappa shape index (κ1) is 14.4. The van der Waals surface area contributed by atoms with Gasteiger partial charge in [-0.2, -0.15) is 5.10 Å². The van der Waals surface area contributed by atoms with Crippen LogP contribution in [-0.4, -0.2) is 44.4 Å². The van der Waals surface area contributed by atoms with Crippen LogP contribution in [0.5, 0.6) is 0 Å². The third-order valence-electron chi connectivity index (χ3n) is 3.56. The Hall–Kier alpha value is -2.05. The van der Waals surface area contributed by atoms with Crippen LogP contribution in [0.4, 0.5) is 4.79 Å². The summed E-state index contributed by atoms with van der Waals surface area (Å²) in [6.07, 6.45) is 3.93. The van der Waals surface area contributed by atoms with Crippen LogP contribution in [-0.2, 0) is 24.8 Å². The van der Waals surface area contributed by atoms with Crippen LogP contribution in [0.1, 0.15) is 31.0 Å². The van der Waals surface area contributed by atoms with E-state index >= 15 is 0 Å². The summed E-state index contributed by atoms with van der Waals surface area (Å²) >= 11 is 0. The molecule has 1 aliphatic heterocycles. The number of likely N-dealkylation sites (tertiary alicyclic amines) is 1. The molecule has 20 heavy (non-hydrogen) atoms. The normalized spacial score (nSPS) is 18.3. The molecule has 1 saturated heterocycles. The van der Waals surface area contributed by atoms with E-state index in [0.29, 0.717) is 19.5 Å². The molecule has 2 N–H and O–H groups in total. The molecule has 1 aliphatic rings. The van der Waals surface area contributed by atoms with Crippen molar-refractivity contribution in [2.75, 3.05) is 6.54 Å². The monoisotopic (exact) mass is 280 g/mol. The van der Waals surface area contributed by atoms with Gasteiger partial charge >= 0.3 is 12.0 Å². The number of rotatable bonds is 4. The second-order valence-corrected chi connectivity index (χ2v) is 4.98. The maximum atomic E-state index is 12.1. The molecule has 2 heterocycles. The first-order valence-corrected chi connectivity index (χ1v) is 6.81. The Morgan fingerprint density at radius 1 is 1.55 bits per heavy atom. The Balaban J connectivity index is 1.96. The highest BCUT2D eigenvalue weighted by atomic mass is 16.4. The lowest BCUT2D eigenvalue weighted by Gasteiger charge is -2.21. The molecular weight excluding hydrogens is 260 g/mol. The van der Waals surface area contributed by atoms with E-state index in [9.17, 15) is 9.59 Å². The van der Waals surface area contributed by atoms with E-state index < -0.39 is 12.0 Å². The molecule has 0 aromatic carbocycles. The molecule has 0 unspecified atom stereocenters. The third-order valence-corrected chi connectivity index (χ3v) is 3.56. The number of aromatic nitrogens is 2. The smallest absolute Gasteiger partial charge is 0.326 e. The lowest BCUT2D eigenvalue weighted by molar-refractivity contribution is -0.141. The fraction of sp³-hybridized carbons (Fsp3) is 0.615. The SMILES string of the molecule is CCc1nn(C)cc1CNC(=O)N1CCC[C@@H]1C(=O)O. The van der Waals surface area contributed by atoms with Crippen LogP contribution in [0.25, 0.3) is 0 Å². The number of aryl methyl sites for hydroxylation is 2. The fourth-order valence-corrected chi connectivity index (χ4v) is 2.57. The molecule has 0 aliphatic carbocycles. The van der Waals surface area contributed by atoms with Gasteiger partial charge in [0.2, 0.25) is 0 Å². The highest BCUT2D eigenvalue weighted by molar-refractivity contribution is 5.83. The molecule has 0 radical (unpaired) electrons. The molecule has 2 rings (SSSR count). The predicted octanol–water partition coefficient (Wildman–Crippen LogP) is 0.741. The quantitative estimate of drug-likeness (QED) is 0.851. The standard InChI is InChI=1S/C13H20N4O3/c1-3-10-9(8-16(2)15-10)7-14-13(20)17-6-4-5-11(17)12(18)19/h8,11H,3-7H2,1-2H3,(H,14,20)(H,18,19)/t11-/m1/s1. The highest BCUT2D eigenvalue weighted by Crippen LogP contribution is 2.17. The van der Waals surface area contributed by atoms with Gasteiger partial charge in [-0.1, -0.05) is 6.92 Å². The Morgan fingerprint density at radius 2 is 2.30 bits per heavy atom. The molecule has 1 fully saturated rings. The van der Waals surface area contributed by atoms with Gasteiger partial charge in [-0.05, 0) is 19.3 Å². The van der Waals surface area contributed by atoms with Gasteiger partial charge in [0.15, 0.2) is 0 Å². The maximum Gasteiger partial charge on any atom is 0.326 e. The lowest BCUT2D eigenvalue weighted by atomic mass is 10.2. The zero-order valence-electron chi connectivity index (χ0n) is 11.8. The largest absolute Gasteiger partial charge is 0.480 e. The summed E-state index contributed by atoms with van der Waals surface area (Å²) in [6.45, 7) is 2.88. The van der Waals surface area contributed by atoms with Gasteiger partial charge in [0, 0.05) is 31.9 Å². The van der Waals surface area contributed by atoms with Crippen molar-refractivity contribution in [2.45, 2.75) is 38.8 Å². The minimum Gasteiger partial charge on any atom is -0.480 e. The summed E-state index contributed by atoms with van der Waals surface area (Å²) in [4.78, 5) is 24.5. The summed E-state index contributed by atoms with van der Waals surface area (Å²) in [6, 6.07) is -1.02. The minimum atomic E-state index is -0.937. The number of hydrogen-bond acceptors (Lipinski definition) is 3. The number of hydrogen-bond donors (Lipinski definition) is 2. The number of amides is 2. The van der Waals surface area contributed by atoms with E-state index in [1.54, 1.807) is 4.68 Å². The summed E-state index contributed by atoms with van der Waals surface area (Å²) in [5, 5.41) is 16.2. The molecular formula is C13H20N4O3. The van der Waals surface area contributed by atoms with Crippen molar-refractivity contribution in [1.82, 2.24) is 20.0 Å². The van der Waals surface area contributed by atoms with E-state index in [0.717, 1.165) is 24.1 Å². The zero-order valence-corrected chi connectivity index (χ0v) is 11.8. The number of carbonyl (C=O) groups excluding carboxylic acids is 1. The van der Waals surface area contributed by atoms with E-state index in [2.05, 4.69) is 10.4 Å². The molecule has 7 nitrogen and oxygen atoms in total. The highest BCUT2D eigenvalue weighted by Gasteiger charge is 2.33. The Kier molecular flexibility index (Phi) is 4.26. The van der Waals surface area contributed by atoms with Crippen LogP contribution < -0.4 is 5.32 Å². The number of urea groups is 1. The van der Waals surface area contributed by atoms with Crippen molar-refractivity contribution in [3.63, 3.8) is 0 Å². The van der Waals surface area contributed by atoms with Crippen LogP contribution in [0, 0.1) is 0 Å². The van der Waals surface area contributed by atoms with Crippen molar-refractivity contribution in [3.05, 3.63) is 17.5 Å². The number of nitrogens with one attached hydrogen (secondary N) is 1. The molecule has 110 valence electrons. The van der Waals surface area contributed by atoms with Crippen LogP contribution >= 0.6 is 0 Å². The number of nitrogens with zero attached hydrogens (tertiary/aromatic N) is 3. The second-order valence-electron chi connectivity index (χ2n) is 4.98. The van der Waals surface area contributed by atoms with Crippen molar-refractivity contribution >= 4 is 12.0 Å². The Bertz CT molecular complexity index is 512. The average Bonchev–Trinajstić information content (AvgIpc) is 3.01. The lowest BCUT2D eigenvalue weighted by Crippen LogP contribution is -2.45. The van der Waals surface area contributed by atoms with Crippen molar-refractivity contribution in [1.29, 1.82) is 0 Å². The third kappa shape index (κ3) is 2.92. The summed E-state index contributed by atoms with van der Waals surface area (Å²) in [7, 11) is 1.84. The topological polar surface area (TPSA) is 87.5 Å². The summed E-state index contributed by atoms with van der Waals surface area (Å²) in [5.74, 6) is -0.937. The molecule has 2 amide bonds. The first-order valence-electron chi connectivity index (χ1n) is 6.81. The van der Waals surface area contributed by atoms with Gasteiger partial charge in [0.1, 0.15) is 6.04 Å². The minimum absolute atomic E-state index is 0.319. The number of carboxylic acids is 1. The maximum absolute atomic E-state index is 12.1. The molecule has 1 aromatic heterocycles. The van der Waals surface area contributed by atoms with Gasteiger partial charge < -0.3 is 15.3 Å². The van der Waals surface area contributed by atoms with Gasteiger partial charge in [0.25, 0.3) is 0 Å². The van der Waals surface area contributed by atoms with E-state index in [-0.39, 0.29) is 6.03 Å². The van der Waals surface area contributed by atoms with Crippen LogP contribution in [0.15, 0.2) is 6.20 Å². The molecule has 1 atom stereocenters. The number of aliphatic carboxylic acids is 1. The fourth-order valence-electron chi connectivity index (χ4n) is 2.57. The van der Waals surface area contributed by atoms with E-state index in [4.69, 9.17) is 5.11 Å². The van der Waals surface area contributed by atoms with Crippen molar-refractivity contribution < 1.29 is 14.7 Å². The van der Waals surface area contributed by atoms with E-state index in [1.165, 1.54) is 4.90 Å². The molecule has 0 spiro atoms. The zero-order chi connectivity index (χ0) is 14.7. The summed E-state index contributed by atoms with van der Waals surface area (Å²) in [5.41, 5.74) is 1.92. The molecule has 0 bridgehead atoms. The van der Waals surface area contributed by atoms with Crippen LogP contribution in [0.2, 0.25) is 0 Å². The predicted molar refractivity (Wildman–Crippen MR) is 72.2 cm³/mol. The van der Waals surface area contributed by atoms with Gasteiger partial charge in [-0.3, -0.25) is 4.68 Å². The average molecular weight is 280 g/mol. The molecule has 1 aromatic rings. The van der Waals surface area contributed by atoms with E-state index in [1.807, 2.05) is 20.2 Å². The van der Waals surface area contributed by atoms with Gasteiger partial charge in [0.05, 0.1) is 5.69 Å². The molecule has 7 heteroatoms. The van der Waals surface area contributed by atoms with Gasteiger partial charge in [-0.25, -0.2) is 9.59 Å². The van der Waals surface area contributed by atoms with Crippen molar-refractivity contribution in [2.24, 2.45) is 7.05 Å². The molecule has 0 saturated carbocycles. The number of carbonyl (C=O) groups is 2. The Morgan fingerprint density at radius 3 is 2.95 bits per heavy atom. The van der Waals surface area contributed by atoms with Crippen LogP contribution in [0.3, 0.4) is 0 Å². The Labute approximate surface area is 117 Å². The first-order chi connectivity index (χ1) is 9.52. The summed E-state index contributed by atoms with van der Waals surface area (Å²) < 4.78 is 1.72. The van der Waals surface area contributed by atoms with Gasteiger partial charge in [-0.15, -0.1) is 0 Å².